The molecule has 1 amide bonds. The van der Waals surface area contributed by atoms with Gasteiger partial charge in [-0.1, -0.05) is 54.1 Å². The quantitative estimate of drug-likeness (QED) is 0.291. The maximum absolute atomic E-state index is 13.9. The third kappa shape index (κ3) is 5.28. The molecule has 212 valence electrons. The molecule has 0 unspecified atom stereocenters. The van der Waals surface area contributed by atoms with Gasteiger partial charge in [0.1, 0.15) is 23.3 Å². The Morgan fingerprint density at radius 1 is 0.976 bits per heavy atom. The van der Waals surface area contributed by atoms with E-state index in [-0.39, 0.29) is 18.8 Å². The van der Waals surface area contributed by atoms with Gasteiger partial charge in [0.15, 0.2) is 0 Å². The molecule has 1 aliphatic rings. The van der Waals surface area contributed by atoms with E-state index in [4.69, 9.17) is 9.72 Å². The molecule has 0 bridgehead atoms. The molecular weight excluding hydrogens is 530 g/mol. The number of carbonyl (C=O) groups excluding carboxylic acids is 1. The molecule has 0 aliphatic carbocycles. The normalized spacial score (nSPS) is 15.1. The lowest BCUT2D eigenvalue weighted by Crippen LogP contribution is -2.58. The van der Waals surface area contributed by atoms with Crippen molar-refractivity contribution in [2.75, 3.05) is 31.1 Å². The number of ether oxygens (including phenoxy) is 1. The highest BCUT2D eigenvalue weighted by molar-refractivity contribution is 5.96. The van der Waals surface area contributed by atoms with Crippen molar-refractivity contribution in [2.24, 2.45) is 0 Å². The number of carbonyl (C=O) groups is 2. The predicted octanol–water partition coefficient (Wildman–Crippen LogP) is 5.21. The Hall–Kier alpha value is -5.18. The maximum Gasteiger partial charge on any atom is 0.328 e. The van der Waals surface area contributed by atoms with Crippen LogP contribution in [-0.4, -0.2) is 68.7 Å². The van der Waals surface area contributed by atoms with Crippen molar-refractivity contribution >= 4 is 28.5 Å². The Labute approximate surface area is 243 Å². The van der Waals surface area contributed by atoms with Gasteiger partial charge in [0, 0.05) is 42.8 Å². The lowest BCUT2D eigenvalue weighted by molar-refractivity contribution is -0.142. The summed E-state index contributed by atoms with van der Waals surface area (Å²) in [5.41, 5.74) is 4.61. The van der Waals surface area contributed by atoms with Crippen LogP contribution in [-0.2, 0) is 4.79 Å². The highest BCUT2D eigenvalue weighted by atomic mass is 16.5. The van der Waals surface area contributed by atoms with E-state index in [1.807, 2.05) is 102 Å². The van der Waals surface area contributed by atoms with Crippen molar-refractivity contribution in [3.8, 4) is 22.8 Å². The van der Waals surface area contributed by atoms with Crippen molar-refractivity contribution in [1.82, 2.24) is 19.4 Å². The minimum absolute atomic E-state index is 0.142. The molecule has 2 aromatic heterocycles. The summed E-state index contributed by atoms with van der Waals surface area (Å²) in [5, 5.41) is 11.2. The lowest BCUT2D eigenvalue weighted by atomic mass is 10.1. The van der Waals surface area contributed by atoms with Crippen molar-refractivity contribution in [3.63, 3.8) is 0 Å². The zero-order valence-electron chi connectivity index (χ0n) is 23.5. The van der Waals surface area contributed by atoms with Crippen LogP contribution < -0.4 is 9.64 Å². The van der Waals surface area contributed by atoms with E-state index in [1.165, 1.54) is 4.90 Å². The lowest BCUT2D eigenvalue weighted by Gasteiger charge is -2.40. The topological polar surface area (TPSA) is 101 Å². The zero-order chi connectivity index (χ0) is 29.2. The number of aryl methyl sites for hydroxylation is 1. The van der Waals surface area contributed by atoms with Crippen LogP contribution in [0.15, 0.2) is 91.3 Å². The molecule has 0 spiro atoms. The monoisotopic (exact) mass is 561 g/mol. The molecule has 5 aromatic rings. The van der Waals surface area contributed by atoms with Gasteiger partial charge < -0.3 is 19.6 Å². The number of fused-ring (bicyclic) bond motifs is 1. The number of hydrogen-bond donors (Lipinski definition) is 1. The van der Waals surface area contributed by atoms with E-state index in [9.17, 15) is 14.7 Å². The Kier molecular flexibility index (Phi) is 7.31. The standard InChI is InChI=1S/C33H31N5O4/c1-3-42-27-9-6-8-25(18-27)38-20-29(35-31(38)23-13-11-22(2)12-14-23)32(39)37-16-15-36(21-30(37)33(40)41)26-17-24-7-4-5-10-28(24)34-19-26/h4-14,17-20,30H,3,15-16,21H2,1-2H3,(H,40,41)/t30-/m0/s1. The van der Waals surface area contributed by atoms with E-state index in [0.29, 0.717) is 24.7 Å². The Morgan fingerprint density at radius 2 is 1.79 bits per heavy atom. The minimum Gasteiger partial charge on any atom is -0.494 e. The molecule has 1 fully saturated rings. The van der Waals surface area contributed by atoms with Crippen LogP contribution in [0.2, 0.25) is 0 Å². The van der Waals surface area contributed by atoms with Crippen LogP contribution in [0.25, 0.3) is 28.0 Å². The number of aliphatic carboxylic acids is 1. The summed E-state index contributed by atoms with van der Waals surface area (Å²) < 4.78 is 7.56. The van der Waals surface area contributed by atoms with Gasteiger partial charge in [0.25, 0.3) is 5.91 Å². The maximum atomic E-state index is 13.9. The fourth-order valence-electron chi connectivity index (χ4n) is 5.33. The number of pyridine rings is 1. The van der Waals surface area contributed by atoms with E-state index >= 15 is 0 Å². The number of carboxylic acids is 1. The van der Waals surface area contributed by atoms with Gasteiger partial charge in [-0.25, -0.2) is 9.78 Å². The second-order valence-electron chi connectivity index (χ2n) is 10.3. The molecule has 0 saturated carbocycles. The molecule has 1 aliphatic heterocycles. The summed E-state index contributed by atoms with van der Waals surface area (Å²) >= 11 is 0. The largest absolute Gasteiger partial charge is 0.494 e. The number of amides is 1. The number of benzene rings is 3. The Balaban J connectivity index is 1.33. The average molecular weight is 562 g/mol. The van der Waals surface area contributed by atoms with Crippen LogP contribution in [0.3, 0.4) is 0 Å². The summed E-state index contributed by atoms with van der Waals surface area (Å²) in [6, 6.07) is 24.3. The molecule has 9 nitrogen and oxygen atoms in total. The van der Waals surface area contributed by atoms with Gasteiger partial charge in [-0.15, -0.1) is 0 Å². The third-order valence-electron chi connectivity index (χ3n) is 7.51. The molecule has 1 saturated heterocycles. The highest BCUT2D eigenvalue weighted by Crippen LogP contribution is 2.28. The molecule has 1 atom stereocenters. The number of rotatable bonds is 7. The molecule has 3 heterocycles. The first-order valence-corrected chi connectivity index (χ1v) is 13.9. The van der Waals surface area contributed by atoms with E-state index in [1.54, 1.807) is 12.4 Å². The highest BCUT2D eigenvalue weighted by Gasteiger charge is 2.37. The van der Waals surface area contributed by atoms with Gasteiger partial charge in [-0.2, -0.15) is 0 Å². The van der Waals surface area contributed by atoms with Gasteiger partial charge >= 0.3 is 5.97 Å². The first-order valence-electron chi connectivity index (χ1n) is 13.9. The summed E-state index contributed by atoms with van der Waals surface area (Å²) in [5.74, 6) is -0.201. The van der Waals surface area contributed by atoms with Crippen molar-refractivity contribution < 1.29 is 19.4 Å². The van der Waals surface area contributed by atoms with Crippen molar-refractivity contribution in [2.45, 2.75) is 19.9 Å². The Morgan fingerprint density at radius 3 is 2.57 bits per heavy atom. The first-order chi connectivity index (χ1) is 20.4. The first kappa shape index (κ1) is 27.0. The summed E-state index contributed by atoms with van der Waals surface area (Å²) in [6.45, 7) is 5.30. The number of aromatic nitrogens is 3. The SMILES string of the molecule is CCOc1cccc(-n2cc(C(=O)N3CCN(c4cnc5ccccc5c4)C[C@H]3C(=O)O)nc2-c2ccc(C)cc2)c1. The Bertz CT molecular complexity index is 1760. The summed E-state index contributed by atoms with van der Waals surface area (Å²) in [4.78, 5) is 39.0. The second kappa shape index (κ2) is 11.4. The third-order valence-corrected chi connectivity index (χ3v) is 7.51. The summed E-state index contributed by atoms with van der Waals surface area (Å²) in [7, 11) is 0. The molecule has 42 heavy (non-hydrogen) atoms. The van der Waals surface area contributed by atoms with Crippen LogP contribution in [0.1, 0.15) is 23.0 Å². The van der Waals surface area contributed by atoms with Crippen molar-refractivity contribution in [3.05, 3.63) is 103 Å². The van der Waals surface area contributed by atoms with Crippen molar-refractivity contribution in [1.29, 1.82) is 0 Å². The predicted molar refractivity (Wildman–Crippen MR) is 161 cm³/mol. The number of anilines is 1. The van der Waals surface area contributed by atoms with E-state index in [2.05, 4.69) is 4.98 Å². The fraction of sp³-hybridized carbons (Fsp3) is 0.212. The van der Waals surface area contributed by atoms with Crippen LogP contribution in [0, 0.1) is 6.92 Å². The summed E-state index contributed by atoms with van der Waals surface area (Å²) in [6.07, 6.45) is 3.44. The van der Waals surface area contributed by atoms with E-state index < -0.39 is 17.9 Å². The van der Waals surface area contributed by atoms with E-state index in [0.717, 1.165) is 33.4 Å². The van der Waals surface area contributed by atoms with Crippen LogP contribution >= 0.6 is 0 Å². The number of nitrogens with zero attached hydrogens (tertiary/aromatic N) is 5. The second-order valence-corrected chi connectivity index (χ2v) is 10.3. The molecule has 3 aromatic carbocycles. The zero-order valence-corrected chi connectivity index (χ0v) is 23.5. The molecular formula is C33H31N5O4. The number of imidazole rings is 1. The van der Waals surface area contributed by atoms with Crippen LogP contribution in [0.5, 0.6) is 5.75 Å². The molecule has 6 rings (SSSR count). The number of piperazine rings is 1. The minimum atomic E-state index is -1.07. The molecule has 0 radical (unpaired) electrons. The molecule has 1 N–H and O–H groups in total. The van der Waals surface area contributed by atoms with Gasteiger partial charge in [0.05, 0.1) is 29.7 Å². The van der Waals surface area contributed by atoms with Gasteiger partial charge in [-0.05, 0) is 38.1 Å². The fourth-order valence-corrected chi connectivity index (χ4v) is 5.33. The smallest absolute Gasteiger partial charge is 0.328 e. The average Bonchev–Trinajstić information content (AvgIpc) is 3.46. The number of carboxylic acid groups (broad SMARTS) is 1. The van der Waals surface area contributed by atoms with Crippen LogP contribution in [0.4, 0.5) is 5.69 Å². The van der Waals surface area contributed by atoms with Gasteiger partial charge in [-0.3, -0.25) is 14.3 Å². The van der Waals surface area contributed by atoms with Gasteiger partial charge in [0.2, 0.25) is 0 Å². The number of hydrogen-bond acceptors (Lipinski definition) is 6. The molecule has 9 heteroatoms. The number of para-hydroxylation sites is 1.